The van der Waals surface area contributed by atoms with Gasteiger partial charge in [0.25, 0.3) is 0 Å². The molecule has 0 heterocycles. The van der Waals surface area contributed by atoms with Gasteiger partial charge in [-0.05, 0) is 25.5 Å². The smallest absolute Gasteiger partial charge is 0.164 e. The van der Waals surface area contributed by atoms with Crippen LogP contribution in [-0.4, -0.2) is 27.9 Å². The number of methoxy groups -OCH3 is 3. The number of rotatable bonds is 10. The van der Waals surface area contributed by atoms with Crippen molar-refractivity contribution in [2.24, 2.45) is 0 Å². The SMILES string of the molecule is CCCCC(NCCC)c1cc(OC)c(OC)cc1OC. The first-order valence-corrected chi connectivity index (χ1v) is 7.75. The van der Waals surface area contributed by atoms with Crippen LogP contribution >= 0.6 is 0 Å². The quantitative estimate of drug-likeness (QED) is 0.709. The number of hydrogen-bond acceptors (Lipinski definition) is 4. The predicted octanol–water partition coefficient (Wildman–Crippen LogP) is 3.94. The molecule has 1 atom stereocenters. The summed E-state index contributed by atoms with van der Waals surface area (Å²) in [5.41, 5.74) is 1.14. The molecule has 0 aliphatic rings. The Morgan fingerprint density at radius 1 is 0.905 bits per heavy atom. The van der Waals surface area contributed by atoms with Crippen molar-refractivity contribution in [1.29, 1.82) is 0 Å². The lowest BCUT2D eigenvalue weighted by atomic mass is 9.99. The van der Waals surface area contributed by atoms with Crippen molar-refractivity contribution in [3.8, 4) is 17.2 Å². The van der Waals surface area contributed by atoms with Crippen LogP contribution in [0, 0.1) is 0 Å². The highest BCUT2D eigenvalue weighted by molar-refractivity contribution is 5.51. The number of nitrogens with one attached hydrogen (secondary N) is 1. The average molecular weight is 295 g/mol. The zero-order valence-electron chi connectivity index (χ0n) is 14.0. The van der Waals surface area contributed by atoms with E-state index >= 15 is 0 Å². The van der Waals surface area contributed by atoms with Crippen LogP contribution in [0.2, 0.25) is 0 Å². The Morgan fingerprint density at radius 3 is 2.05 bits per heavy atom. The summed E-state index contributed by atoms with van der Waals surface area (Å²) in [6, 6.07) is 4.21. The van der Waals surface area contributed by atoms with Gasteiger partial charge in [-0.2, -0.15) is 0 Å². The van der Waals surface area contributed by atoms with Gasteiger partial charge in [0, 0.05) is 17.7 Å². The summed E-state index contributed by atoms with van der Waals surface area (Å²) >= 11 is 0. The summed E-state index contributed by atoms with van der Waals surface area (Å²) in [6.45, 7) is 5.38. The van der Waals surface area contributed by atoms with Crippen molar-refractivity contribution >= 4 is 0 Å². The van der Waals surface area contributed by atoms with Gasteiger partial charge in [0.05, 0.1) is 21.3 Å². The third-order valence-electron chi connectivity index (χ3n) is 3.60. The summed E-state index contributed by atoms with van der Waals surface area (Å²) in [5, 5.41) is 3.61. The maximum absolute atomic E-state index is 5.55. The Morgan fingerprint density at radius 2 is 1.52 bits per heavy atom. The van der Waals surface area contributed by atoms with Crippen LogP contribution in [0.3, 0.4) is 0 Å². The first-order valence-electron chi connectivity index (χ1n) is 7.75. The summed E-state index contributed by atoms with van der Waals surface area (Å²) in [6.07, 6.45) is 4.55. The van der Waals surface area contributed by atoms with E-state index in [0.29, 0.717) is 5.75 Å². The van der Waals surface area contributed by atoms with Crippen molar-refractivity contribution in [3.05, 3.63) is 17.7 Å². The molecular weight excluding hydrogens is 266 g/mol. The molecule has 0 fully saturated rings. The van der Waals surface area contributed by atoms with Gasteiger partial charge in [0.1, 0.15) is 5.75 Å². The van der Waals surface area contributed by atoms with Crippen LogP contribution in [0.1, 0.15) is 51.1 Å². The molecule has 0 spiro atoms. The lowest BCUT2D eigenvalue weighted by Gasteiger charge is -2.22. The van der Waals surface area contributed by atoms with Gasteiger partial charge in [-0.1, -0.05) is 26.7 Å². The second kappa shape index (κ2) is 9.50. The first-order chi connectivity index (χ1) is 10.2. The van der Waals surface area contributed by atoms with Crippen LogP contribution in [0.5, 0.6) is 17.2 Å². The van der Waals surface area contributed by atoms with Gasteiger partial charge in [-0.25, -0.2) is 0 Å². The molecule has 21 heavy (non-hydrogen) atoms. The third kappa shape index (κ3) is 4.81. The van der Waals surface area contributed by atoms with E-state index in [0.717, 1.165) is 36.4 Å². The fourth-order valence-electron chi connectivity index (χ4n) is 2.42. The molecule has 0 saturated carbocycles. The molecule has 0 aromatic heterocycles. The lowest BCUT2D eigenvalue weighted by Crippen LogP contribution is -2.22. The van der Waals surface area contributed by atoms with Gasteiger partial charge in [0.15, 0.2) is 11.5 Å². The number of unbranched alkanes of at least 4 members (excludes halogenated alkanes) is 1. The van der Waals surface area contributed by atoms with Gasteiger partial charge >= 0.3 is 0 Å². The topological polar surface area (TPSA) is 39.7 Å². The minimum absolute atomic E-state index is 0.277. The van der Waals surface area contributed by atoms with Crippen molar-refractivity contribution in [1.82, 2.24) is 5.32 Å². The van der Waals surface area contributed by atoms with Crippen LogP contribution in [-0.2, 0) is 0 Å². The molecule has 1 N–H and O–H groups in total. The maximum atomic E-state index is 5.55. The molecule has 0 radical (unpaired) electrons. The van der Waals surface area contributed by atoms with Crippen molar-refractivity contribution in [2.75, 3.05) is 27.9 Å². The van der Waals surface area contributed by atoms with E-state index in [1.165, 1.54) is 12.8 Å². The molecule has 4 nitrogen and oxygen atoms in total. The van der Waals surface area contributed by atoms with Crippen molar-refractivity contribution < 1.29 is 14.2 Å². The summed E-state index contributed by atoms with van der Waals surface area (Å²) < 4.78 is 16.3. The normalized spacial score (nSPS) is 12.0. The van der Waals surface area contributed by atoms with E-state index in [4.69, 9.17) is 14.2 Å². The Balaban J connectivity index is 3.13. The molecule has 4 heteroatoms. The molecule has 0 aliphatic carbocycles. The lowest BCUT2D eigenvalue weighted by molar-refractivity contribution is 0.343. The Hall–Kier alpha value is -1.42. The molecule has 120 valence electrons. The molecule has 0 amide bonds. The Kier molecular flexibility index (Phi) is 7.98. The van der Waals surface area contributed by atoms with Gasteiger partial charge in [-0.3, -0.25) is 0 Å². The van der Waals surface area contributed by atoms with Crippen LogP contribution in [0.4, 0.5) is 0 Å². The number of benzene rings is 1. The predicted molar refractivity (Wildman–Crippen MR) is 86.7 cm³/mol. The van der Waals surface area contributed by atoms with Crippen molar-refractivity contribution in [2.45, 2.75) is 45.6 Å². The first kappa shape index (κ1) is 17.6. The van der Waals surface area contributed by atoms with E-state index in [2.05, 4.69) is 19.2 Å². The zero-order valence-corrected chi connectivity index (χ0v) is 14.0. The van der Waals surface area contributed by atoms with Crippen LogP contribution in [0.25, 0.3) is 0 Å². The van der Waals surface area contributed by atoms with Crippen LogP contribution in [0.15, 0.2) is 12.1 Å². The van der Waals surface area contributed by atoms with E-state index < -0.39 is 0 Å². The molecule has 0 aliphatic heterocycles. The average Bonchev–Trinajstić information content (AvgIpc) is 2.53. The second-order valence-electron chi connectivity index (χ2n) is 5.10. The van der Waals surface area contributed by atoms with Gasteiger partial charge < -0.3 is 19.5 Å². The summed E-state index contributed by atoms with van der Waals surface area (Å²) in [4.78, 5) is 0. The Bertz CT molecular complexity index is 413. The Labute approximate surface area is 128 Å². The zero-order chi connectivity index (χ0) is 15.7. The fourth-order valence-corrected chi connectivity index (χ4v) is 2.42. The molecule has 1 aromatic carbocycles. The minimum atomic E-state index is 0.277. The molecule has 1 rings (SSSR count). The molecule has 0 bridgehead atoms. The molecule has 1 aromatic rings. The fraction of sp³-hybridized carbons (Fsp3) is 0.647. The van der Waals surface area contributed by atoms with Gasteiger partial charge in [0.2, 0.25) is 0 Å². The summed E-state index contributed by atoms with van der Waals surface area (Å²) in [5.74, 6) is 2.29. The highest BCUT2D eigenvalue weighted by Crippen LogP contribution is 2.38. The van der Waals surface area contributed by atoms with Crippen molar-refractivity contribution in [3.63, 3.8) is 0 Å². The van der Waals surface area contributed by atoms with Crippen LogP contribution < -0.4 is 19.5 Å². The van der Waals surface area contributed by atoms with E-state index in [1.807, 2.05) is 12.1 Å². The minimum Gasteiger partial charge on any atom is -0.496 e. The molecule has 1 unspecified atom stereocenters. The highest BCUT2D eigenvalue weighted by atomic mass is 16.5. The van der Waals surface area contributed by atoms with E-state index in [-0.39, 0.29) is 6.04 Å². The standard InChI is InChI=1S/C17H29NO3/c1-6-8-9-14(18-10-7-2)13-11-16(20-4)17(21-5)12-15(13)19-3/h11-12,14,18H,6-10H2,1-5H3. The summed E-state index contributed by atoms with van der Waals surface area (Å²) in [7, 11) is 5.00. The second-order valence-corrected chi connectivity index (χ2v) is 5.10. The van der Waals surface area contributed by atoms with Gasteiger partial charge in [-0.15, -0.1) is 0 Å². The number of ether oxygens (including phenoxy) is 3. The third-order valence-corrected chi connectivity index (χ3v) is 3.60. The maximum Gasteiger partial charge on any atom is 0.164 e. The largest absolute Gasteiger partial charge is 0.496 e. The molecule has 0 saturated heterocycles. The molecular formula is C17H29NO3. The number of hydrogen-bond donors (Lipinski definition) is 1. The van der Waals surface area contributed by atoms with E-state index in [1.54, 1.807) is 21.3 Å². The highest BCUT2D eigenvalue weighted by Gasteiger charge is 2.19. The monoisotopic (exact) mass is 295 g/mol. The van der Waals surface area contributed by atoms with E-state index in [9.17, 15) is 0 Å².